The number of carbonyl (C=O) groups excluding carboxylic acids is 1. The maximum absolute atomic E-state index is 13.0. The van der Waals surface area contributed by atoms with Crippen molar-refractivity contribution >= 4 is 5.91 Å². The normalized spacial score (nSPS) is 29.4. The van der Waals surface area contributed by atoms with Gasteiger partial charge in [-0.3, -0.25) is 4.79 Å². The van der Waals surface area contributed by atoms with E-state index < -0.39 is 86.8 Å². The summed E-state index contributed by atoms with van der Waals surface area (Å²) in [6, 6.07) is -0.961. The highest BCUT2D eigenvalue weighted by atomic mass is 16.7. The van der Waals surface area contributed by atoms with Crippen molar-refractivity contribution in [2.24, 2.45) is 0 Å². The van der Waals surface area contributed by atoms with Crippen LogP contribution in [-0.4, -0.2) is 140 Å². The van der Waals surface area contributed by atoms with Crippen LogP contribution in [0.4, 0.5) is 0 Å². The maximum atomic E-state index is 13.0. The minimum atomic E-state index is -1.80. The molecule has 0 bridgehead atoms. The van der Waals surface area contributed by atoms with E-state index in [1.807, 2.05) is 6.08 Å². The van der Waals surface area contributed by atoms with Crippen molar-refractivity contribution in [1.29, 1.82) is 0 Å². The fourth-order valence-electron chi connectivity index (χ4n) is 6.32. The lowest BCUT2D eigenvalue weighted by Gasteiger charge is -2.46. The fraction of sp³-hybridized carbons (Fsp3) is 0.667. The van der Waals surface area contributed by atoms with E-state index in [4.69, 9.17) is 18.9 Å². The predicted octanol–water partition coefficient (Wildman–Crippen LogP) is 3.48. The smallest absolute Gasteiger partial charge is 0.220 e. The van der Waals surface area contributed by atoms with E-state index in [1.54, 1.807) is 6.08 Å². The molecule has 0 aromatic rings. The average molecular weight is 836 g/mol. The Labute approximate surface area is 350 Å². The molecule has 0 aromatic carbocycles. The molecule has 0 aliphatic carbocycles. The van der Waals surface area contributed by atoms with Crippen molar-refractivity contribution in [3.05, 3.63) is 85.1 Å². The van der Waals surface area contributed by atoms with E-state index in [0.717, 1.165) is 64.2 Å². The van der Waals surface area contributed by atoms with Gasteiger partial charge in [-0.25, -0.2) is 0 Å². The first kappa shape index (κ1) is 52.3. The molecule has 0 aromatic heterocycles. The number of hydrogen-bond donors (Lipinski definition) is 9. The van der Waals surface area contributed by atoms with Gasteiger partial charge >= 0.3 is 0 Å². The van der Waals surface area contributed by atoms with E-state index in [1.165, 1.54) is 0 Å². The number of allylic oxidation sites excluding steroid dienone is 13. The van der Waals surface area contributed by atoms with Gasteiger partial charge in [-0.15, -0.1) is 0 Å². The third-order valence-corrected chi connectivity index (χ3v) is 9.80. The monoisotopic (exact) mass is 836 g/mol. The number of ether oxygens (including phenoxy) is 4. The summed E-state index contributed by atoms with van der Waals surface area (Å²) in [5.74, 6) is -0.303. The quantitative estimate of drug-likeness (QED) is 0.0389. The lowest BCUT2D eigenvalue weighted by molar-refractivity contribution is -0.359. The molecule has 2 aliphatic heterocycles. The molecule has 12 unspecified atom stereocenters. The summed E-state index contributed by atoms with van der Waals surface area (Å²) < 4.78 is 22.5. The number of aliphatic hydroxyl groups excluding tert-OH is 8. The van der Waals surface area contributed by atoms with Gasteiger partial charge in [0, 0.05) is 6.42 Å². The second-order valence-corrected chi connectivity index (χ2v) is 14.7. The molecule has 14 heteroatoms. The molecule has 0 spiro atoms. The zero-order valence-corrected chi connectivity index (χ0v) is 34.9. The van der Waals surface area contributed by atoms with Crippen molar-refractivity contribution in [3.63, 3.8) is 0 Å². The zero-order valence-electron chi connectivity index (χ0n) is 34.9. The number of rotatable bonds is 29. The lowest BCUT2D eigenvalue weighted by Crippen LogP contribution is -2.65. The summed E-state index contributed by atoms with van der Waals surface area (Å²) >= 11 is 0. The van der Waals surface area contributed by atoms with Crippen LogP contribution in [0.2, 0.25) is 0 Å². The summed E-state index contributed by atoms with van der Waals surface area (Å²) in [5.41, 5.74) is 0. The van der Waals surface area contributed by atoms with Gasteiger partial charge in [0.2, 0.25) is 5.91 Å². The Kier molecular flexibility index (Phi) is 28.3. The molecular formula is C45H73NO13. The first-order valence-corrected chi connectivity index (χ1v) is 21.3. The Hall–Kier alpha value is -2.83. The molecule has 2 aliphatic rings. The lowest BCUT2D eigenvalue weighted by atomic mass is 9.97. The van der Waals surface area contributed by atoms with E-state index >= 15 is 0 Å². The van der Waals surface area contributed by atoms with Gasteiger partial charge in [0.25, 0.3) is 0 Å². The van der Waals surface area contributed by atoms with E-state index in [-0.39, 0.29) is 18.9 Å². The third-order valence-electron chi connectivity index (χ3n) is 9.80. The highest BCUT2D eigenvalue weighted by Gasteiger charge is 2.50. The number of aliphatic hydroxyl groups is 8. The molecule has 59 heavy (non-hydrogen) atoms. The van der Waals surface area contributed by atoms with Gasteiger partial charge in [-0.1, -0.05) is 98.9 Å². The molecule has 0 saturated carbocycles. The molecule has 2 rings (SSSR count). The van der Waals surface area contributed by atoms with Crippen molar-refractivity contribution in [2.45, 2.75) is 171 Å². The number of amides is 1. The standard InChI is InChI=1S/C45H73NO13/c1-3-5-7-9-11-13-15-16-17-18-19-21-23-25-27-29-37(50)46-33(34(49)28-26-24-22-20-14-12-10-8-6-4-2)32-56-44-42(55)40(53)43(36(31-48)58-44)59-45-41(54)39(52)38(51)35(30-47)57-45/h5-8,11,13-14,16-17,19-21,26,28,33-36,38-45,47-49,51-55H,3-4,9-10,12,15,18,22-25,27,29-32H2,1-2H3,(H,46,50)/b7-5-,8-6+,13-11-,17-16-,20-14+,21-19-,28-26+. The Morgan fingerprint density at radius 1 is 0.610 bits per heavy atom. The number of hydrogen-bond acceptors (Lipinski definition) is 13. The molecule has 2 fully saturated rings. The van der Waals surface area contributed by atoms with Crippen LogP contribution in [0.5, 0.6) is 0 Å². The van der Waals surface area contributed by atoms with Gasteiger partial charge in [-0.05, 0) is 77.0 Å². The number of carbonyl (C=O) groups is 1. The maximum Gasteiger partial charge on any atom is 0.220 e. The van der Waals surface area contributed by atoms with Gasteiger partial charge in [0.05, 0.1) is 32.0 Å². The number of nitrogens with one attached hydrogen (secondary N) is 1. The molecule has 336 valence electrons. The van der Waals surface area contributed by atoms with Gasteiger partial charge in [0.1, 0.15) is 48.8 Å². The average Bonchev–Trinajstić information content (AvgIpc) is 3.23. The molecule has 2 saturated heterocycles. The van der Waals surface area contributed by atoms with Crippen molar-refractivity contribution < 1.29 is 64.6 Å². The minimum Gasteiger partial charge on any atom is -0.394 e. The van der Waals surface area contributed by atoms with Crippen LogP contribution in [0.15, 0.2) is 85.1 Å². The van der Waals surface area contributed by atoms with Crippen LogP contribution in [-0.2, 0) is 23.7 Å². The van der Waals surface area contributed by atoms with Crippen LogP contribution in [0.1, 0.15) is 97.3 Å². The van der Waals surface area contributed by atoms with Crippen LogP contribution >= 0.6 is 0 Å². The Bertz CT molecular complexity index is 1310. The summed E-state index contributed by atoms with van der Waals surface area (Å²) in [4.78, 5) is 13.0. The molecule has 1 amide bonds. The molecule has 0 radical (unpaired) electrons. The Morgan fingerprint density at radius 2 is 1.12 bits per heavy atom. The largest absolute Gasteiger partial charge is 0.394 e. The number of unbranched alkanes of at least 4 members (excludes halogenated alkanes) is 4. The summed E-state index contributed by atoms with van der Waals surface area (Å²) in [5, 5.41) is 86.2. The van der Waals surface area contributed by atoms with Crippen LogP contribution < -0.4 is 5.32 Å². The fourth-order valence-corrected chi connectivity index (χ4v) is 6.32. The van der Waals surface area contributed by atoms with Crippen LogP contribution in [0.3, 0.4) is 0 Å². The summed E-state index contributed by atoms with van der Waals surface area (Å²) in [7, 11) is 0. The van der Waals surface area contributed by atoms with Crippen LogP contribution in [0.25, 0.3) is 0 Å². The van der Waals surface area contributed by atoms with Crippen molar-refractivity contribution in [2.75, 3.05) is 19.8 Å². The first-order chi connectivity index (χ1) is 28.6. The molecule has 9 N–H and O–H groups in total. The second-order valence-electron chi connectivity index (χ2n) is 14.7. The minimum absolute atomic E-state index is 0.212. The van der Waals surface area contributed by atoms with Crippen molar-refractivity contribution in [3.8, 4) is 0 Å². The first-order valence-electron chi connectivity index (χ1n) is 21.3. The van der Waals surface area contributed by atoms with E-state index in [9.17, 15) is 45.6 Å². The van der Waals surface area contributed by atoms with Gasteiger partial charge in [-0.2, -0.15) is 0 Å². The Balaban J connectivity index is 1.96. The molecule has 12 atom stereocenters. The highest BCUT2D eigenvalue weighted by Crippen LogP contribution is 2.29. The van der Waals surface area contributed by atoms with Gasteiger partial charge in [0.15, 0.2) is 12.6 Å². The summed E-state index contributed by atoms with van der Waals surface area (Å²) in [6.07, 6.45) is 22.3. The third kappa shape index (κ3) is 20.5. The van der Waals surface area contributed by atoms with E-state index in [0.29, 0.717) is 12.8 Å². The topological polar surface area (TPSA) is 228 Å². The summed E-state index contributed by atoms with van der Waals surface area (Å²) in [6.45, 7) is 2.43. The van der Waals surface area contributed by atoms with Crippen molar-refractivity contribution in [1.82, 2.24) is 5.32 Å². The van der Waals surface area contributed by atoms with Crippen LogP contribution in [0, 0.1) is 0 Å². The SMILES string of the molecule is CC/C=C\C/C=C\C/C=C\C/C=C\CCCCC(=O)NC(COC1OC(CO)C(OC2OC(CO)C(O)C(O)C2O)C(O)C1O)C(O)/C=C/CC/C=C/CC/C=C/CC. The second kappa shape index (κ2) is 32.0. The van der Waals surface area contributed by atoms with E-state index in [2.05, 4.69) is 92.1 Å². The predicted molar refractivity (Wildman–Crippen MR) is 226 cm³/mol. The molecule has 2 heterocycles. The zero-order chi connectivity index (χ0) is 43.3. The molecular weight excluding hydrogens is 762 g/mol. The highest BCUT2D eigenvalue weighted by molar-refractivity contribution is 5.76. The molecule has 14 nitrogen and oxygen atoms in total. The van der Waals surface area contributed by atoms with Gasteiger partial charge < -0.3 is 65.1 Å². The Morgan fingerprint density at radius 3 is 1.73 bits per heavy atom.